The van der Waals surface area contributed by atoms with E-state index in [-0.39, 0.29) is 23.8 Å². The zero-order valence-electron chi connectivity index (χ0n) is 28.4. The Kier molecular flexibility index (Phi) is 12.2. The number of quaternary nitrogens is 1. The quantitative estimate of drug-likeness (QED) is 0.122. The van der Waals surface area contributed by atoms with Gasteiger partial charge in [-0.15, -0.1) is 0 Å². The summed E-state index contributed by atoms with van der Waals surface area (Å²) >= 11 is 0. The summed E-state index contributed by atoms with van der Waals surface area (Å²) < 4.78 is 17.1. The minimum absolute atomic E-state index is 0.108. The van der Waals surface area contributed by atoms with E-state index in [1.165, 1.54) is 87.7 Å². The number of hydrogen-bond donors (Lipinski definition) is 1. The van der Waals surface area contributed by atoms with Crippen LogP contribution in [0.5, 0.6) is 11.5 Å². The van der Waals surface area contributed by atoms with Gasteiger partial charge in [-0.25, -0.2) is 0 Å². The topological polar surface area (TPSA) is 83.3 Å². The highest BCUT2D eigenvalue weighted by molar-refractivity contribution is 5.86. The van der Waals surface area contributed by atoms with Crippen molar-refractivity contribution in [3.05, 3.63) is 47.0 Å². The average molecular weight is 621 g/mol. The van der Waals surface area contributed by atoms with Gasteiger partial charge in [0.1, 0.15) is 18.7 Å². The van der Waals surface area contributed by atoms with E-state index in [4.69, 9.17) is 14.2 Å². The van der Waals surface area contributed by atoms with Gasteiger partial charge in [0.15, 0.2) is 11.5 Å². The van der Waals surface area contributed by atoms with Crippen molar-refractivity contribution in [2.24, 2.45) is 5.41 Å². The Morgan fingerprint density at radius 2 is 1.47 bits per heavy atom. The van der Waals surface area contributed by atoms with Gasteiger partial charge in [-0.2, -0.15) is 0 Å². The van der Waals surface area contributed by atoms with Crippen LogP contribution in [0.3, 0.4) is 0 Å². The molecule has 0 saturated heterocycles. The highest BCUT2D eigenvalue weighted by Gasteiger charge is 2.42. The summed E-state index contributed by atoms with van der Waals surface area (Å²) in [6.45, 7) is 9.36. The minimum atomic E-state index is -0.496. The number of ether oxygens (including phenoxy) is 3. The molecule has 0 spiro atoms. The average Bonchev–Trinajstić information content (AvgIpc) is 2.99. The summed E-state index contributed by atoms with van der Waals surface area (Å²) in [6.07, 6.45) is 15.2. The number of likely N-dealkylation sites (N-methyl/N-ethyl adjacent to an activating group) is 1. The molecule has 1 heterocycles. The number of hydrogen-bond acceptors (Lipinski definition) is 6. The third kappa shape index (κ3) is 8.75. The molecular formula is C38H54NO6+. The largest absolute Gasteiger partial charge is 0.459 e. The highest BCUT2D eigenvalue weighted by atomic mass is 16.6. The zero-order valence-corrected chi connectivity index (χ0v) is 28.4. The van der Waals surface area contributed by atoms with Gasteiger partial charge in [-0.3, -0.25) is 14.4 Å². The number of benzene rings is 2. The van der Waals surface area contributed by atoms with Crippen molar-refractivity contribution in [3.8, 4) is 22.6 Å². The van der Waals surface area contributed by atoms with Crippen molar-refractivity contribution in [3.63, 3.8) is 0 Å². The van der Waals surface area contributed by atoms with Gasteiger partial charge >= 0.3 is 17.9 Å². The molecule has 0 saturated carbocycles. The number of rotatable bonds is 16. The maximum absolute atomic E-state index is 13.3. The number of carbonyl (C=O) groups excluding carboxylic acids is 3. The Hall–Kier alpha value is -3.19. The van der Waals surface area contributed by atoms with Crippen molar-refractivity contribution < 1.29 is 33.5 Å². The van der Waals surface area contributed by atoms with Crippen molar-refractivity contribution >= 4 is 17.9 Å². The molecule has 0 amide bonds. The molecule has 0 fully saturated rings. The van der Waals surface area contributed by atoms with Crippen LogP contribution >= 0.6 is 0 Å². The van der Waals surface area contributed by atoms with Gasteiger partial charge in [0.25, 0.3) is 0 Å². The lowest BCUT2D eigenvalue weighted by molar-refractivity contribution is -0.940. The number of fused-ring (bicyclic) bond motifs is 2. The maximum Gasteiger partial charge on any atom is 0.311 e. The molecule has 4 rings (SSSR count). The number of carbonyl (C=O) groups is 3. The molecule has 1 aliphatic carbocycles. The second-order valence-electron chi connectivity index (χ2n) is 13.8. The normalized spacial score (nSPS) is 18.5. The fraction of sp³-hybridized carbons (Fsp3) is 0.605. The Labute approximate surface area is 270 Å². The molecule has 1 aliphatic heterocycles. The van der Waals surface area contributed by atoms with Crippen molar-refractivity contribution in [1.29, 1.82) is 0 Å². The third-order valence-corrected chi connectivity index (χ3v) is 9.73. The molecule has 2 aromatic carbocycles. The van der Waals surface area contributed by atoms with Crippen LogP contribution in [0.1, 0.15) is 128 Å². The van der Waals surface area contributed by atoms with Crippen LogP contribution in [-0.2, 0) is 32.0 Å². The zero-order chi connectivity index (χ0) is 32.6. The van der Waals surface area contributed by atoms with E-state index in [1.807, 2.05) is 26.0 Å². The molecule has 0 radical (unpaired) electrons. The Morgan fingerprint density at radius 3 is 2.11 bits per heavy atom. The van der Waals surface area contributed by atoms with Gasteiger partial charge in [-0.05, 0) is 43.0 Å². The minimum Gasteiger partial charge on any atom is -0.459 e. The van der Waals surface area contributed by atoms with Crippen molar-refractivity contribution in [2.45, 2.75) is 130 Å². The summed E-state index contributed by atoms with van der Waals surface area (Å²) in [5, 5.41) is 0. The Balaban J connectivity index is 1.38. The van der Waals surface area contributed by atoms with Crippen LogP contribution in [0, 0.1) is 5.41 Å². The third-order valence-electron chi connectivity index (χ3n) is 9.73. The number of unbranched alkanes of at least 4 members (excludes halogenated alkanes) is 9. The van der Waals surface area contributed by atoms with Crippen molar-refractivity contribution in [1.82, 2.24) is 0 Å². The summed E-state index contributed by atoms with van der Waals surface area (Å²) in [7, 11) is 2.18. The van der Waals surface area contributed by atoms with Crippen LogP contribution < -0.4 is 14.4 Å². The SMILES string of the molecule is CCCCCCCCCCCCC(C)(C)C(=O)OCC1Cc2cccc3c2[C@H](Cc2ccc(OC(C)=O)c(OC(C)=O)c2-3)[NH+]1C. The highest BCUT2D eigenvalue weighted by Crippen LogP contribution is 2.49. The first-order valence-electron chi connectivity index (χ1n) is 17.2. The maximum atomic E-state index is 13.3. The molecule has 45 heavy (non-hydrogen) atoms. The first-order valence-corrected chi connectivity index (χ1v) is 17.2. The van der Waals surface area contributed by atoms with E-state index in [2.05, 4.69) is 26.1 Å². The van der Waals surface area contributed by atoms with E-state index in [9.17, 15) is 14.4 Å². The fourth-order valence-corrected chi connectivity index (χ4v) is 7.11. The lowest BCUT2D eigenvalue weighted by atomic mass is 9.75. The van der Waals surface area contributed by atoms with E-state index in [0.717, 1.165) is 42.4 Å². The number of esters is 3. The molecule has 7 nitrogen and oxygen atoms in total. The summed E-state index contributed by atoms with van der Waals surface area (Å²) in [6, 6.07) is 10.2. The molecule has 2 aromatic rings. The van der Waals surface area contributed by atoms with E-state index in [1.54, 1.807) is 6.07 Å². The summed E-state index contributed by atoms with van der Waals surface area (Å²) in [4.78, 5) is 38.5. The first-order chi connectivity index (χ1) is 21.5. The van der Waals surface area contributed by atoms with Gasteiger partial charge in [-0.1, -0.05) is 95.4 Å². The van der Waals surface area contributed by atoms with Crippen LogP contribution in [0.25, 0.3) is 11.1 Å². The van der Waals surface area contributed by atoms with Crippen LogP contribution in [0.4, 0.5) is 0 Å². The van der Waals surface area contributed by atoms with Crippen LogP contribution in [0.15, 0.2) is 30.3 Å². The smallest absolute Gasteiger partial charge is 0.311 e. The molecular weight excluding hydrogens is 566 g/mol. The first kappa shape index (κ1) is 34.7. The van der Waals surface area contributed by atoms with Crippen LogP contribution in [0.2, 0.25) is 0 Å². The fourth-order valence-electron chi connectivity index (χ4n) is 7.11. The van der Waals surface area contributed by atoms with Gasteiger partial charge < -0.3 is 19.1 Å². The lowest BCUT2D eigenvalue weighted by Gasteiger charge is -2.41. The predicted octanol–water partition coefficient (Wildman–Crippen LogP) is 7.12. The second-order valence-corrected chi connectivity index (χ2v) is 13.8. The second kappa shape index (κ2) is 15.9. The predicted molar refractivity (Wildman–Crippen MR) is 177 cm³/mol. The van der Waals surface area contributed by atoms with E-state index >= 15 is 0 Å². The Morgan fingerprint density at radius 1 is 0.822 bits per heavy atom. The Bertz CT molecular complexity index is 1350. The monoisotopic (exact) mass is 620 g/mol. The molecule has 1 N–H and O–H groups in total. The van der Waals surface area contributed by atoms with Gasteiger partial charge in [0, 0.05) is 37.8 Å². The van der Waals surface area contributed by atoms with Crippen LogP contribution in [-0.4, -0.2) is 37.6 Å². The molecule has 2 aliphatic rings. The molecule has 0 bridgehead atoms. The van der Waals surface area contributed by atoms with Crippen molar-refractivity contribution in [2.75, 3.05) is 13.7 Å². The number of nitrogens with one attached hydrogen (secondary N) is 1. The van der Waals surface area contributed by atoms with E-state index in [0.29, 0.717) is 12.4 Å². The van der Waals surface area contributed by atoms with E-state index < -0.39 is 17.4 Å². The molecule has 2 unspecified atom stereocenters. The molecule has 3 atom stereocenters. The lowest BCUT2D eigenvalue weighted by Crippen LogP contribution is -3.15. The van der Waals surface area contributed by atoms with Gasteiger partial charge in [0.05, 0.1) is 12.5 Å². The molecule has 0 aromatic heterocycles. The summed E-state index contributed by atoms with van der Waals surface area (Å²) in [5.41, 5.74) is 4.78. The summed E-state index contributed by atoms with van der Waals surface area (Å²) in [5.74, 6) is -0.511. The molecule has 246 valence electrons. The standard InChI is InChI=1S/C38H53NO6/c1-7-8-9-10-11-12-13-14-15-16-22-38(4,5)37(42)43-25-30-23-28-18-17-19-31-34(28)32(39(30)6)24-29-20-21-33(44-26(2)40)36(35(29)31)45-27(3)41/h17-21,30,32H,7-16,22-25H2,1-6H3/p+1/t30?,32-/m0/s1. The van der Waals surface area contributed by atoms with Gasteiger partial charge in [0.2, 0.25) is 0 Å². The molecule has 7 heteroatoms.